The van der Waals surface area contributed by atoms with E-state index in [2.05, 4.69) is 77.0 Å². The number of benzene rings is 4. The molecule has 162 valence electrons. The summed E-state index contributed by atoms with van der Waals surface area (Å²) in [6, 6.07) is 41.3. The maximum Gasteiger partial charge on any atom is 0.211 e. The minimum absolute atomic E-state index is 0.421. The Balaban J connectivity index is 0.000000195. The molecule has 4 aromatic carbocycles. The Morgan fingerprint density at radius 2 is 0.844 bits per heavy atom. The third-order valence-electron chi connectivity index (χ3n) is 4.52. The van der Waals surface area contributed by atoms with Crippen LogP contribution in [0.1, 0.15) is 22.3 Å². The molecular weight excluding hydrogens is 423 g/mol. The largest absolute Gasteiger partial charge is 0.261 e. The highest BCUT2D eigenvalue weighted by atomic mass is 31.3. The highest BCUT2D eigenvalue weighted by Gasteiger charge is 1.93. The van der Waals surface area contributed by atoms with Gasteiger partial charge in [0.2, 0.25) is 9.91 Å². The summed E-state index contributed by atoms with van der Waals surface area (Å²) < 4.78 is 4.69. The van der Waals surface area contributed by atoms with Crippen LogP contribution in [0.4, 0.5) is 0 Å². The van der Waals surface area contributed by atoms with Crippen molar-refractivity contribution in [1.29, 1.82) is 0 Å². The first-order valence-corrected chi connectivity index (χ1v) is 15.9. The summed E-state index contributed by atoms with van der Waals surface area (Å²) in [7, 11) is 3.42. The molecule has 0 bridgehead atoms. The molecule has 0 fully saturated rings. The molecule has 0 radical (unpaired) electrons. The highest BCUT2D eigenvalue weighted by molar-refractivity contribution is 7.62. The van der Waals surface area contributed by atoms with Gasteiger partial charge in [-0.25, -0.2) is 0 Å². The molecule has 1 unspecified atom stereocenters. The average Bonchev–Trinajstić information content (AvgIpc) is 2.89. The summed E-state index contributed by atoms with van der Waals surface area (Å²) in [4.78, 5) is 0. The van der Waals surface area contributed by atoms with Crippen LogP contribution < -0.4 is 0 Å². The van der Waals surface area contributed by atoms with E-state index in [9.17, 15) is 0 Å². The Bertz CT molecular complexity index is 942. The standard InChI is InChI=1S/C14H14.C14H10.CH8OPSi/c2*1-3-7-13(8-4-1)11-12-14-9-5-2-6-10-14;1-2-3-4/h1-10H,11-12H2;1-10H;3H2,1,4H3/q;;+1. The molecule has 0 saturated carbocycles. The quantitative estimate of drug-likeness (QED) is 0.215. The second-order valence-corrected chi connectivity index (χ2v) is 9.28. The molecule has 0 aliphatic rings. The van der Waals surface area contributed by atoms with Gasteiger partial charge in [-0.05, 0) is 48.2 Å². The Morgan fingerprint density at radius 3 is 1.12 bits per heavy atom. The van der Waals surface area contributed by atoms with E-state index in [1.807, 2.05) is 60.7 Å². The summed E-state index contributed by atoms with van der Waals surface area (Å²) in [6.45, 7) is 0. The topological polar surface area (TPSA) is 9.23 Å². The van der Waals surface area contributed by atoms with Gasteiger partial charge >= 0.3 is 0 Å². The molecule has 0 aliphatic heterocycles. The number of rotatable bonds is 4. The Hall–Kier alpha value is -2.95. The molecule has 0 heterocycles. The van der Waals surface area contributed by atoms with E-state index >= 15 is 0 Å². The molecule has 0 saturated heterocycles. The van der Waals surface area contributed by atoms with Crippen molar-refractivity contribution >= 4 is 18.3 Å². The fraction of sp³-hybridized carbons (Fsp3) is 0.103. The van der Waals surface area contributed by atoms with Gasteiger partial charge in [0, 0.05) is 11.1 Å². The van der Waals surface area contributed by atoms with Crippen molar-refractivity contribution in [2.24, 2.45) is 0 Å². The van der Waals surface area contributed by atoms with Crippen molar-refractivity contribution in [3.05, 3.63) is 144 Å². The van der Waals surface area contributed by atoms with Crippen molar-refractivity contribution < 1.29 is 4.52 Å². The second kappa shape index (κ2) is 16.7. The lowest BCUT2D eigenvalue weighted by Crippen LogP contribution is -1.89. The minimum Gasteiger partial charge on any atom is -0.261 e. The summed E-state index contributed by atoms with van der Waals surface area (Å²) in [5.74, 6) is 6.22. The monoisotopic (exact) mass is 455 g/mol. The molecule has 32 heavy (non-hydrogen) atoms. The second-order valence-electron chi connectivity index (χ2n) is 6.92. The van der Waals surface area contributed by atoms with Crippen molar-refractivity contribution in [2.75, 3.05) is 7.11 Å². The predicted molar refractivity (Wildman–Crippen MR) is 146 cm³/mol. The van der Waals surface area contributed by atoms with E-state index in [0.29, 0.717) is 8.36 Å². The lowest BCUT2D eigenvalue weighted by Gasteiger charge is -2.01. The molecular formula is C29H32OPSi+. The van der Waals surface area contributed by atoms with Crippen LogP contribution in [0.5, 0.6) is 0 Å². The first-order valence-electron chi connectivity index (χ1n) is 10.8. The smallest absolute Gasteiger partial charge is 0.211 e. The Labute approximate surface area is 198 Å². The van der Waals surface area contributed by atoms with Crippen LogP contribution in [0.15, 0.2) is 121 Å². The maximum atomic E-state index is 4.69. The zero-order valence-electron chi connectivity index (χ0n) is 18.9. The van der Waals surface area contributed by atoms with Crippen LogP contribution in [-0.2, 0) is 17.4 Å². The molecule has 0 aromatic heterocycles. The van der Waals surface area contributed by atoms with Crippen molar-refractivity contribution in [1.82, 2.24) is 0 Å². The van der Waals surface area contributed by atoms with Crippen LogP contribution in [-0.4, -0.2) is 17.0 Å². The number of aryl methyl sites for hydroxylation is 2. The van der Waals surface area contributed by atoms with Crippen LogP contribution >= 0.6 is 8.36 Å². The fourth-order valence-electron chi connectivity index (χ4n) is 2.77. The third kappa shape index (κ3) is 11.4. The molecule has 0 spiro atoms. The lowest BCUT2D eigenvalue weighted by molar-refractivity contribution is 0.484. The fourth-order valence-corrected chi connectivity index (χ4v) is 2.77. The van der Waals surface area contributed by atoms with Crippen molar-refractivity contribution in [2.45, 2.75) is 12.8 Å². The Kier molecular flexibility index (Phi) is 13.2. The molecule has 1 nitrogen and oxygen atoms in total. The first kappa shape index (κ1) is 25.3. The first-order chi connectivity index (χ1) is 15.8. The van der Waals surface area contributed by atoms with E-state index in [0.717, 1.165) is 24.0 Å². The van der Waals surface area contributed by atoms with E-state index in [4.69, 9.17) is 0 Å². The van der Waals surface area contributed by atoms with E-state index in [1.54, 1.807) is 7.11 Å². The van der Waals surface area contributed by atoms with Gasteiger partial charge in [0.05, 0.1) is 15.5 Å². The maximum absolute atomic E-state index is 4.69. The molecule has 0 N–H and O–H groups in total. The van der Waals surface area contributed by atoms with E-state index in [1.165, 1.54) is 21.0 Å². The van der Waals surface area contributed by atoms with Crippen molar-refractivity contribution in [3.8, 4) is 11.8 Å². The summed E-state index contributed by atoms with van der Waals surface area (Å²) in [6.07, 6.45) is 2.26. The van der Waals surface area contributed by atoms with Gasteiger partial charge in [0.25, 0.3) is 0 Å². The molecule has 4 rings (SSSR count). The van der Waals surface area contributed by atoms with E-state index in [-0.39, 0.29) is 0 Å². The number of hydrogen-bond acceptors (Lipinski definition) is 1. The summed E-state index contributed by atoms with van der Waals surface area (Å²) in [5, 5.41) is 0. The summed E-state index contributed by atoms with van der Waals surface area (Å²) >= 11 is 0. The average molecular weight is 456 g/mol. The molecule has 4 aromatic rings. The molecule has 3 heteroatoms. The summed E-state index contributed by atoms with van der Waals surface area (Å²) in [5.41, 5.74) is 4.93. The molecule has 1 atom stereocenters. The third-order valence-corrected chi connectivity index (χ3v) is 6.41. The normalized spacial score (nSPS) is 9.66. The molecule has 0 amide bonds. The SMILES string of the molecule is C(#Cc1ccccc1)c1ccccc1.CO[PH2+][SiH3].c1ccc(CCc2ccccc2)cc1. The lowest BCUT2D eigenvalue weighted by atomic mass is 10.0. The Morgan fingerprint density at radius 1 is 0.562 bits per heavy atom. The van der Waals surface area contributed by atoms with Gasteiger partial charge in [-0.1, -0.05) is 109 Å². The van der Waals surface area contributed by atoms with Gasteiger partial charge in [0.15, 0.2) is 0 Å². The zero-order chi connectivity index (χ0) is 22.7. The minimum atomic E-state index is 0.421. The van der Waals surface area contributed by atoms with Crippen LogP contribution in [0, 0.1) is 11.8 Å². The van der Waals surface area contributed by atoms with Gasteiger partial charge in [-0.2, -0.15) is 0 Å². The zero-order valence-corrected chi connectivity index (χ0v) is 22.1. The molecule has 0 aliphatic carbocycles. The van der Waals surface area contributed by atoms with Crippen LogP contribution in [0.25, 0.3) is 0 Å². The van der Waals surface area contributed by atoms with E-state index < -0.39 is 0 Å². The number of hydrogen-bond donors (Lipinski definition) is 0. The van der Waals surface area contributed by atoms with Gasteiger partial charge in [-0.3, -0.25) is 4.52 Å². The predicted octanol–water partition coefficient (Wildman–Crippen LogP) is 5.80. The van der Waals surface area contributed by atoms with Crippen LogP contribution in [0.2, 0.25) is 0 Å². The van der Waals surface area contributed by atoms with Gasteiger partial charge in [-0.15, -0.1) is 0 Å². The van der Waals surface area contributed by atoms with Gasteiger partial charge < -0.3 is 0 Å². The van der Waals surface area contributed by atoms with Crippen molar-refractivity contribution in [3.63, 3.8) is 0 Å². The van der Waals surface area contributed by atoms with Gasteiger partial charge in [0.1, 0.15) is 0 Å². The highest BCUT2D eigenvalue weighted by Crippen LogP contribution is 2.06. The van der Waals surface area contributed by atoms with Crippen LogP contribution in [0.3, 0.4) is 0 Å².